The molecule has 20 heavy (non-hydrogen) atoms. The van der Waals surface area contributed by atoms with Crippen LogP contribution in [-0.2, 0) is 9.53 Å². The molecule has 0 rings (SSSR count). The monoisotopic (exact) mass is 298 g/mol. The molecule has 0 saturated heterocycles. The number of ether oxygens (including phenoxy) is 1. The molecule has 0 heterocycles. The topological polar surface area (TPSA) is 26.3 Å². The van der Waals surface area contributed by atoms with E-state index in [1.54, 1.807) is 0 Å². The molecular weight excluding hydrogens is 272 g/mol. The lowest BCUT2D eigenvalue weighted by Gasteiger charge is -2.11. The van der Waals surface area contributed by atoms with Gasteiger partial charge in [0.1, 0.15) is 6.61 Å². The number of carbonyl (C=O) groups excluding carboxylic acids is 1. The van der Waals surface area contributed by atoms with Gasteiger partial charge in [0.2, 0.25) is 0 Å². The van der Waals surface area contributed by atoms with E-state index in [0.717, 1.165) is 31.3 Å². The maximum Gasteiger partial charge on any atom is 0.302 e. The van der Waals surface area contributed by atoms with Gasteiger partial charge in [0.05, 0.1) is 5.38 Å². The van der Waals surface area contributed by atoms with Gasteiger partial charge >= 0.3 is 5.97 Å². The van der Waals surface area contributed by atoms with Gasteiger partial charge in [-0.15, -0.1) is 11.6 Å². The Morgan fingerprint density at radius 1 is 1.15 bits per heavy atom. The molecule has 0 bridgehead atoms. The zero-order chi connectivity index (χ0) is 15.5. The van der Waals surface area contributed by atoms with Crippen LogP contribution in [-0.4, -0.2) is 18.0 Å². The molecule has 0 aromatic heterocycles. The van der Waals surface area contributed by atoms with E-state index in [0.29, 0.717) is 0 Å². The maximum absolute atomic E-state index is 10.7. The minimum absolute atomic E-state index is 0.207. The first-order chi connectivity index (χ1) is 9.32. The largest absolute Gasteiger partial charge is 0.464 e. The number of rotatable bonds is 9. The van der Waals surface area contributed by atoms with Gasteiger partial charge < -0.3 is 4.74 Å². The fraction of sp³-hybridized carbons (Fsp3) is 0.588. The standard InChI is InChI=1S/C17H27ClO2/c1-13(2)8-6-9-14(3)10-7-11-15(4)17(18)12-20-16(5)19/h8,10,17H,4,6-7,9,11-12H2,1-3,5H3/b14-10+. The number of alkyl halides is 1. The molecule has 2 nitrogen and oxygen atoms in total. The summed E-state index contributed by atoms with van der Waals surface area (Å²) in [6.45, 7) is 11.9. The second-order valence-corrected chi connectivity index (χ2v) is 5.86. The van der Waals surface area contributed by atoms with Crippen molar-refractivity contribution < 1.29 is 9.53 Å². The highest BCUT2D eigenvalue weighted by Crippen LogP contribution is 2.16. The SMILES string of the molecule is C=C(CC/C=C(\C)CCC=C(C)C)C(Cl)COC(C)=O. The van der Waals surface area contributed by atoms with Crippen molar-refractivity contribution in [2.75, 3.05) is 6.61 Å². The van der Waals surface area contributed by atoms with E-state index in [9.17, 15) is 4.79 Å². The van der Waals surface area contributed by atoms with Gasteiger partial charge in [-0.1, -0.05) is 35.5 Å². The van der Waals surface area contributed by atoms with Crippen LogP contribution in [0.4, 0.5) is 0 Å². The number of allylic oxidation sites excluding steroid dienone is 4. The molecule has 0 radical (unpaired) electrons. The lowest BCUT2D eigenvalue weighted by Crippen LogP contribution is -2.13. The van der Waals surface area contributed by atoms with Crippen LogP contribution in [0, 0.1) is 0 Å². The summed E-state index contributed by atoms with van der Waals surface area (Å²) in [5.74, 6) is -0.307. The molecular formula is C17H27ClO2. The van der Waals surface area contributed by atoms with E-state index in [1.165, 1.54) is 18.1 Å². The average Bonchev–Trinajstić information content (AvgIpc) is 2.35. The molecule has 3 heteroatoms. The van der Waals surface area contributed by atoms with Gasteiger partial charge in [-0.25, -0.2) is 0 Å². The van der Waals surface area contributed by atoms with E-state index >= 15 is 0 Å². The second-order valence-electron chi connectivity index (χ2n) is 5.34. The minimum atomic E-state index is -0.307. The fourth-order valence-corrected chi connectivity index (χ4v) is 1.83. The first kappa shape index (κ1) is 19.0. The maximum atomic E-state index is 10.7. The van der Waals surface area contributed by atoms with Crippen molar-refractivity contribution in [3.8, 4) is 0 Å². The number of hydrogen-bond donors (Lipinski definition) is 0. The van der Waals surface area contributed by atoms with Crippen LogP contribution in [0.2, 0.25) is 0 Å². The first-order valence-corrected chi connectivity index (χ1v) is 7.50. The van der Waals surface area contributed by atoms with Crippen molar-refractivity contribution >= 4 is 17.6 Å². The molecule has 1 unspecified atom stereocenters. The third-order valence-corrected chi connectivity index (χ3v) is 3.36. The van der Waals surface area contributed by atoms with Crippen molar-refractivity contribution in [2.24, 2.45) is 0 Å². The van der Waals surface area contributed by atoms with Crippen LogP contribution >= 0.6 is 11.6 Å². The van der Waals surface area contributed by atoms with Crippen LogP contribution < -0.4 is 0 Å². The molecule has 0 amide bonds. The van der Waals surface area contributed by atoms with E-state index in [-0.39, 0.29) is 18.0 Å². The third kappa shape index (κ3) is 10.9. The zero-order valence-corrected chi connectivity index (χ0v) is 13.9. The van der Waals surface area contributed by atoms with Crippen molar-refractivity contribution in [1.29, 1.82) is 0 Å². The predicted molar refractivity (Wildman–Crippen MR) is 87.1 cm³/mol. The Morgan fingerprint density at radius 2 is 1.75 bits per heavy atom. The van der Waals surface area contributed by atoms with Crippen LogP contribution in [0.1, 0.15) is 53.4 Å². The van der Waals surface area contributed by atoms with E-state index in [1.807, 2.05) is 0 Å². The molecule has 114 valence electrons. The number of esters is 1. The third-order valence-electron chi connectivity index (χ3n) is 2.93. The lowest BCUT2D eigenvalue weighted by atomic mass is 10.1. The molecule has 0 aliphatic carbocycles. The minimum Gasteiger partial charge on any atom is -0.464 e. The summed E-state index contributed by atoms with van der Waals surface area (Å²) in [6, 6.07) is 0. The number of halogens is 1. The van der Waals surface area contributed by atoms with Crippen molar-refractivity contribution in [3.63, 3.8) is 0 Å². The van der Waals surface area contributed by atoms with E-state index in [2.05, 4.69) is 39.5 Å². The molecule has 0 fully saturated rings. The number of carbonyl (C=O) groups is 1. The summed E-state index contributed by atoms with van der Waals surface area (Å²) in [5, 5.41) is -0.293. The van der Waals surface area contributed by atoms with Gasteiger partial charge in [-0.3, -0.25) is 4.79 Å². The Kier molecular flexibility index (Phi) is 10.2. The average molecular weight is 299 g/mol. The number of hydrogen-bond acceptors (Lipinski definition) is 2. The zero-order valence-electron chi connectivity index (χ0n) is 13.2. The fourth-order valence-electron chi connectivity index (χ4n) is 1.66. The predicted octanol–water partition coefficient (Wildman–Crippen LogP) is 5.19. The highest BCUT2D eigenvalue weighted by Gasteiger charge is 2.10. The van der Waals surface area contributed by atoms with Gasteiger partial charge in [-0.05, 0) is 46.5 Å². The van der Waals surface area contributed by atoms with E-state index < -0.39 is 0 Å². The first-order valence-electron chi connectivity index (χ1n) is 7.07. The molecule has 0 aromatic rings. The summed E-state index contributed by atoms with van der Waals surface area (Å²) in [5.41, 5.74) is 3.67. The Morgan fingerprint density at radius 3 is 2.30 bits per heavy atom. The highest BCUT2D eigenvalue weighted by molar-refractivity contribution is 6.22. The van der Waals surface area contributed by atoms with Crippen LogP contribution in [0.3, 0.4) is 0 Å². The molecule has 0 N–H and O–H groups in total. The van der Waals surface area contributed by atoms with Crippen LogP contribution in [0.25, 0.3) is 0 Å². The van der Waals surface area contributed by atoms with Crippen molar-refractivity contribution in [3.05, 3.63) is 35.5 Å². The molecule has 0 aliphatic heterocycles. The van der Waals surface area contributed by atoms with Gasteiger partial charge in [0.15, 0.2) is 0 Å². The van der Waals surface area contributed by atoms with Crippen LogP contribution in [0.15, 0.2) is 35.5 Å². The summed E-state index contributed by atoms with van der Waals surface area (Å²) >= 11 is 6.10. The Balaban J connectivity index is 3.93. The van der Waals surface area contributed by atoms with Crippen molar-refractivity contribution in [1.82, 2.24) is 0 Å². The van der Waals surface area contributed by atoms with Crippen LogP contribution in [0.5, 0.6) is 0 Å². The van der Waals surface area contributed by atoms with E-state index in [4.69, 9.17) is 16.3 Å². The Labute approximate surface area is 128 Å². The quantitative estimate of drug-likeness (QED) is 0.333. The van der Waals surface area contributed by atoms with Gasteiger partial charge in [0.25, 0.3) is 0 Å². The Bertz CT molecular complexity index is 376. The van der Waals surface area contributed by atoms with Crippen molar-refractivity contribution in [2.45, 2.75) is 58.8 Å². The van der Waals surface area contributed by atoms with Gasteiger partial charge in [-0.2, -0.15) is 0 Å². The second kappa shape index (κ2) is 10.7. The summed E-state index contributed by atoms with van der Waals surface area (Å²) < 4.78 is 4.87. The Hall–Kier alpha value is -1.02. The summed E-state index contributed by atoms with van der Waals surface area (Å²) in [7, 11) is 0. The molecule has 0 aliphatic rings. The van der Waals surface area contributed by atoms with Gasteiger partial charge in [0, 0.05) is 6.92 Å². The normalized spacial score (nSPS) is 12.8. The smallest absolute Gasteiger partial charge is 0.302 e. The molecule has 0 aromatic carbocycles. The molecule has 0 spiro atoms. The highest BCUT2D eigenvalue weighted by atomic mass is 35.5. The summed E-state index contributed by atoms with van der Waals surface area (Å²) in [6.07, 6.45) is 8.44. The molecule has 0 saturated carbocycles. The lowest BCUT2D eigenvalue weighted by molar-refractivity contribution is -0.140. The summed E-state index contributed by atoms with van der Waals surface area (Å²) in [4.78, 5) is 10.7. The molecule has 1 atom stereocenters.